The van der Waals surface area contributed by atoms with Crippen LogP contribution in [0.2, 0.25) is 0 Å². The molecule has 0 atom stereocenters. The average molecular weight is 222 g/mol. The number of nitriles is 1. The Morgan fingerprint density at radius 3 is 2.62 bits per heavy atom. The standard InChI is InChI=1S/C12H18N2O2/c1-14(7-6-13)11(15)12(10-2-3-10)4-8-16-9-5-12/h10H,2-5,7-9H2,1H3. The SMILES string of the molecule is CN(CC#N)C(=O)C1(C2CC2)CCOCC1. The summed E-state index contributed by atoms with van der Waals surface area (Å²) in [5.74, 6) is 0.685. The summed E-state index contributed by atoms with van der Waals surface area (Å²) in [6, 6.07) is 2.04. The van der Waals surface area contributed by atoms with Gasteiger partial charge in [-0.25, -0.2) is 0 Å². The van der Waals surface area contributed by atoms with Crippen molar-refractivity contribution in [3.05, 3.63) is 0 Å². The van der Waals surface area contributed by atoms with E-state index in [0.717, 1.165) is 25.7 Å². The van der Waals surface area contributed by atoms with Gasteiger partial charge in [-0.15, -0.1) is 0 Å². The molecule has 2 aliphatic rings. The van der Waals surface area contributed by atoms with E-state index in [1.807, 2.05) is 6.07 Å². The Balaban J connectivity index is 2.12. The molecule has 0 radical (unpaired) electrons. The number of hydrogen-bond acceptors (Lipinski definition) is 3. The van der Waals surface area contributed by atoms with Crippen LogP contribution in [0, 0.1) is 22.7 Å². The average Bonchev–Trinajstić information content (AvgIpc) is 3.13. The van der Waals surface area contributed by atoms with Crippen LogP contribution >= 0.6 is 0 Å². The zero-order valence-electron chi connectivity index (χ0n) is 9.74. The van der Waals surface area contributed by atoms with Crippen molar-refractivity contribution in [3.8, 4) is 6.07 Å². The number of amides is 1. The molecule has 0 spiro atoms. The number of carbonyl (C=O) groups excluding carboxylic acids is 1. The van der Waals surface area contributed by atoms with Crippen molar-refractivity contribution in [2.24, 2.45) is 11.3 Å². The maximum absolute atomic E-state index is 12.4. The fraction of sp³-hybridized carbons (Fsp3) is 0.833. The lowest BCUT2D eigenvalue weighted by Crippen LogP contribution is -2.47. The highest BCUT2D eigenvalue weighted by atomic mass is 16.5. The normalized spacial score (nSPS) is 23.5. The number of nitrogens with zero attached hydrogens (tertiary/aromatic N) is 2. The van der Waals surface area contributed by atoms with Gasteiger partial charge in [0.15, 0.2) is 0 Å². The monoisotopic (exact) mass is 222 g/mol. The molecule has 0 aromatic rings. The first-order valence-electron chi connectivity index (χ1n) is 5.91. The molecule has 2 rings (SSSR count). The van der Waals surface area contributed by atoms with Gasteiger partial charge in [-0.2, -0.15) is 5.26 Å². The van der Waals surface area contributed by atoms with E-state index in [1.165, 1.54) is 0 Å². The minimum Gasteiger partial charge on any atom is -0.381 e. The second-order valence-electron chi connectivity index (χ2n) is 4.86. The van der Waals surface area contributed by atoms with Gasteiger partial charge in [0.05, 0.1) is 11.5 Å². The van der Waals surface area contributed by atoms with Crippen molar-refractivity contribution in [1.82, 2.24) is 4.90 Å². The predicted molar refractivity (Wildman–Crippen MR) is 58.5 cm³/mol. The van der Waals surface area contributed by atoms with E-state index < -0.39 is 0 Å². The summed E-state index contributed by atoms with van der Waals surface area (Å²) < 4.78 is 5.36. The Bertz CT molecular complexity index is 311. The maximum atomic E-state index is 12.4. The van der Waals surface area contributed by atoms with Gasteiger partial charge in [0.2, 0.25) is 5.91 Å². The predicted octanol–water partition coefficient (Wildman–Crippen LogP) is 1.18. The van der Waals surface area contributed by atoms with Crippen LogP contribution in [0.1, 0.15) is 25.7 Å². The lowest BCUT2D eigenvalue weighted by atomic mass is 9.74. The first kappa shape index (κ1) is 11.4. The highest BCUT2D eigenvalue weighted by Crippen LogP contribution is 2.52. The molecule has 0 N–H and O–H groups in total. The van der Waals surface area contributed by atoms with Crippen LogP contribution < -0.4 is 0 Å². The summed E-state index contributed by atoms with van der Waals surface area (Å²) in [4.78, 5) is 14.0. The van der Waals surface area contributed by atoms with Crippen molar-refractivity contribution >= 4 is 5.91 Å². The van der Waals surface area contributed by atoms with Gasteiger partial charge < -0.3 is 9.64 Å². The molecule has 0 aromatic heterocycles. The zero-order chi connectivity index (χ0) is 11.6. The van der Waals surface area contributed by atoms with Crippen LogP contribution in [0.5, 0.6) is 0 Å². The van der Waals surface area contributed by atoms with Crippen molar-refractivity contribution < 1.29 is 9.53 Å². The minimum atomic E-state index is -0.218. The molecule has 1 saturated heterocycles. The van der Waals surface area contributed by atoms with E-state index in [0.29, 0.717) is 19.1 Å². The van der Waals surface area contributed by atoms with Crippen LogP contribution in [0.15, 0.2) is 0 Å². The summed E-state index contributed by atoms with van der Waals surface area (Å²) >= 11 is 0. The molecular weight excluding hydrogens is 204 g/mol. The van der Waals surface area contributed by atoms with Gasteiger partial charge in [-0.05, 0) is 31.6 Å². The fourth-order valence-corrected chi connectivity index (χ4v) is 2.73. The molecule has 16 heavy (non-hydrogen) atoms. The fourth-order valence-electron chi connectivity index (χ4n) is 2.73. The molecule has 1 aliphatic carbocycles. The lowest BCUT2D eigenvalue weighted by Gasteiger charge is -2.38. The van der Waals surface area contributed by atoms with E-state index in [1.54, 1.807) is 11.9 Å². The first-order valence-corrected chi connectivity index (χ1v) is 5.91. The third kappa shape index (κ3) is 1.92. The second-order valence-corrected chi connectivity index (χ2v) is 4.86. The van der Waals surface area contributed by atoms with Crippen LogP contribution in [-0.4, -0.2) is 37.6 Å². The minimum absolute atomic E-state index is 0.153. The molecule has 1 aliphatic heterocycles. The lowest BCUT2D eigenvalue weighted by molar-refractivity contribution is -0.148. The highest BCUT2D eigenvalue weighted by molar-refractivity contribution is 5.83. The summed E-state index contributed by atoms with van der Waals surface area (Å²) in [6.45, 7) is 1.55. The topological polar surface area (TPSA) is 53.3 Å². The Morgan fingerprint density at radius 2 is 2.12 bits per heavy atom. The van der Waals surface area contributed by atoms with E-state index in [2.05, 4.69) is 0 Å². The number of hydrogen-bond donors (Lipinski definition) is 0. The second kappa shape index (κ2) is 4.42. The van der Waals surface area contributed by atoms with Crippen LogP contribution in [0.4, 0.5) is 0 Å². The summed E-state index contributed by atoms with van der Waals surface area (Å²) in [6.07, 6.45) is 3.97. The van der Waals surface area contributed by atoms with Crippen LogP contribution in [-0.2, 0) is 9.53 Å². The van der Waals surface area contributed by atoms with Gasteiger partial charge in [-0.3, -0.25) is 4.79 Å². The summed E-state index contributed by atoms with van der Waals surface area (Å²) in [7, 11) is 1.73. The van der Waals surface area contributed by atoms with E-state index in [4.69, 9.17) is 10.00 Å². The third-order valence-electron chi connectivity index (χ3n) is 3.82. The first-order chi connectivity index (χ1) is 7.70. The Hall–Kier alpha value is -1.08. The van der Waals surface area contributed by atoms with Crippen molar-refractivity contribution in [2.75, 3.05) is 26.8 Å². The molecule has 4 heteroatoms. The van der Waals surface area contributed by atoms with Crippen molar-refractivity contribution in [2.45, 2.75) is 25.7 Å². The quantitative estimate of drug-likeness (QED) is 0.674. The van der Waals surface area contributed by atoms with E-state index in [9.17, 15) is 4.79 Å². The summed E-state index contributed by atoms with van der Waals surface area (Å²) in [5, 5.41) is 8.65. The van der Waals surface area contributed by atoms with Crippen LogP contribution in [0.25, 0.3) is 0 Å². The zero-order valence-corrected chi connectivity index (χ0v) is 9.74. The third-order valence-corrected chi connectivity index (χ3v) is 3.82. The maximum Gasteiger partial charge on any atom is 0.229 e. The molecule has 0 bridgehead atoms. The van der Waals surface area contributed by atoms with Crippen molar-refractivity contribution in [3.63, 3.8) is 0 Å². The molecule has 2 fully saturated rings. The Labute approximate surface area is 96.2 Å². The van der Waals surface area contributed by atoms with Gasteiger partial charge >= 0.3 is 0 Å². The molecule has 0 unspecified atom stereocenters. The number of ether oxygens (including phenoxy) is 1. The molecular formula is C12H18N2O2. The van der Waals surface area contributed by atoms with Gasteiger partial charge in [0.1, 0.15) is 6.54 Å². The number of rotatable bonds is 3. The van der Waals surface area contributed by atoms with Crippen LogP contribution in [0.3, 0.4) is 0 Å². The Morgan fingerprint density at radius 1 is 1.50 bits per heavy atom. The highest BCUT2D eigenvalue weighted by Gasteiger charge is 2.52. The summed E-state index contributed by atoms with van der Waals surface area (Å²) in [5.41, 5.74) is -0.218. The van der Waals surface area contributed by atoms with E-state index >= 15 is 0 Å². The molecule has 4 nitrogen and oxygen atoms in total. The van der Waals surface area contributed by atoms with Gasteiger partial charge in [0.25, 0.3) is 0 Å². The largest absolute Gasteiger partial charge is 0.381 e. The molecule has 1 saturated carbocycles. The Kier molecular flexibility index (Phi) is 3.15. The van der Waals surface area contributed by atoms with Crippen molar-refractivity contribution in [1.29, 1.82) is 5.26 Å². The molecule has 1 heterocycles. The van der Waals surface area contributed by atoms with Gasteiger partial charge in [-0.1, -0.05) is 0 Å². The smallest absolute Gasteiger partial charge is 0.229 e. The molecule has 0 aromatic carbocycles. The van der Waals surface area contributed by atoms with Gasteiger partial charge in [0, 0.05) is 20.3 Å². The molecule has 88 valence electrons. The molecule has 1 amide bonds. The number of carbonyl (C=O) groups is 1. The van der Waals surface area contributed by atoms with E-state index in [-0.39, 0.29) is 17.9 Å².